The zero-order valence-corrected chi connectivity index (χ0v) is 40.4. The van der Waals surface area contributed by atoms with Crippen LogP contribution in [-0.2, 0) is 41.8 Å². The lowest BCUT2D eigenvalue weighted by atomic mass is 9.94. The summed E-state index contributed by atoms with van der Waals surface area (Å²) in [4.78, 5) is 44.9. The summed E-state index contributed by atoms with van der Waals surface area (Å²) >= 11 is 0. The molecule has 8 aromatic rings. The van der Waals surface area contributed by atoms with Crippen molar-refractivity contribution in [1.29, 1.82) is 0 Å². The van der Waals surface area contributed by atoms with E-state index in [0.717, 1.165) is 63.2 Å². The van der Waals surface area contributed by atoms with Crippen LogP contribution < -0.4 is 9.47 Å². The maximum atomic E-state index is 13.4. The number of carbonyl (C=O) groups excluding carboxylic acids is 4. The first kappa shape index (κ1) is 50.9. The zero-order chi connectivity index (χ0) is 50.6. The molecular formula is C63H57NO9. The molecule has 10 nitrogen and oxygen atoms in total. The number of cyclic esters (lactones) is 2. The van der Waals surface area contributed by atoms with Gasteiger partial charge < -0.3 is 28.5 Å². The lowest BCUT2D eigenvalue weighted by molar-refractivity contribution is -0.163. The van der Waals surface area contributed by atoms with Crippen molar-refractivity contribution < 1.29 is 42.9 Å². The number of esters is 2. The maximum absolute atomic E-state index is 13.4. The normalized spacial score (nSPS) is 18.8. The van der Waals surface area contributed by atoms with Gasteiger partial charge in [0.05, 0.1) is 12.6 Å². The number of aldehydes is 1. The van der Waals surface area contributed by atoms with Crippen LogP contribution in [0.1, 0.15) is 80.9 Å². The standard InChI is InChI=1S/C37H31NO4.C14H12O2.C11H12O2.CH2O/c39-37-34-35(30-20-22-32(23-21-30)40-24-26-10-4-1-5-11-26)42-36(38(34)33(25-41-37)29-14-8-3-9-15-29)31-18-16-28(17-19-31)27-12-6-2-7-13-27;15-10-12-6-8-14(9-7-12)16-11-13-4-2-1-3-5-13;12-11-7-6-10(8-13-11)9-4-2-1-3-5-9;1-2/h1-23,33-36H,24-25H2;1-10H,11H2;1-5,10H,6-8H2;1H2/t33-,34?,35-,36+;;10-;/m1.1./s1. The highest BCUT2D eigenvalue weighted by Crippen LogP contribution is 2.49. The largest absolute Gasteiger partial charge is 0.489 e. The molecule has 368 valence electrons. The third-order valence-electron chi connectivity index (χ3n) is 12.8. The van der Waals surface area contributed by atoms with Crippen LogP contribution in [0, 0.1) is 0 Å². The van der Waals surface area contributed by atoms with Gasteiger partial charge in [-0.3, -0.25) is 14.4 Å². The van der Waals surface area contributed by atoms with Crippen LogP contribution in [-0.4, -0.2) is 49.2 Å². The molecule has 0 bridgehead atoms. The van der Waals surface area contributed by atoms with Gasteiger partial charge in [0, 0.05) is 17.9 Å². The summed E-state index contributed by atoms with van der Waals surface area (Å²) in [6.07, 6.45) is 1.38. The fraction of sp³-hybridized carbons (Fsp3) is 0.175. The van der Waals surface area contributed by atoms with Crippen LogP contribution in [0.3, 0.4) is 0 Å². The predicted octanol–water partition coefficient (Wildman–Crippen LogP) is 12.7. The SMILES string of the molecule is C=O.O=C1CC[C@@H](c2ccccc2)CO1.O=C1OC[C@H](c2ccccc2)N2C1[C@@H](c1ccc(OCc3ccccc3)cc1)O[C@H]2c1ccc(-c2ccccc2)cc1.O=Cc1ccc(OCc2ccccc2)cc1. The summed E-state index contributed by atoms with van der Waals surface area (Å²) in [5.74, 6) is 1.61. The molecule has 0 amide bonds. The number of carbonyl (C=O) groups is 4. The summed E-state index contributed by atoms with van der Waals surface area (Å²) < 4.78 is 29.2. The van der Waals surface area contributed by atoms with Gasteiger partial charge in [-0.2, -0.15) is 0 Å². The number of morpholine rings is 1. The number of hydrogen-bond acceptors (Lipinski definition) is 10. The van der Waals surface area contributed by atoms with Crippen LogP contribution >= 0.6 is 0 Å². The van der Waals surface area contributed by atoms with Crippen molar-refractivity contribution >= 4 is 25.0 Å². The maximum Gasteiger partial charge on any atom is 0.326 e. The van der Waals surface area contributed by atoms with Gasteiger partial charge in [-0.15, -0.1) is 0 Å². The van der Waals surface area contributed by atoms with Gasteiger partial charge in [-0.1, -0.05) is 188 Å². The van der Waals surface area contributed by atoms with Crippen LogP contribution in [0.4, 0.5) is 0 Å². The van der Waals surface area contributed by atoms with E-state index < -0.39 is 18.4 Å². The smallest absolute Gasteiger partial charge is 0.326 e. The van der Waals surface area contributed by atoms with E-state index in [-0.39, 0.29) is 24.6 Å². The third-order valence-corrected chi connectivity index (χ3v) is 12.8. The van der Waals surface area contributed by atoms with Crippen molar-refractivity contribution in [1.82, 2.24) is 4.90 Å². The monoisotopic (exact) mass is 971 g/mol. The summed E-state index contributed by atoms with van der Waals surface area (Å²) in [6, 6.07) is 73.5. The highest BCUT2D eigenvalue weighted by atomic mass is 16.6. The number of rotatable bonds is 12. The molecule has 5 atom stereocenters. The first-order chi connectivity index (χ1) is 36.0. The molecule has 73 heavy (non-hydrogen) atoms. The number of benzene rings is 8. The van der Waals surface area contributed by atoms with Gasteiger partial charge in [0.2, 0.25) is 0 Å². The minimum Gasteiger partial charge on any atom is -0.489 e. The predicted molar refractivity (Wildman–Crippen MR) is 281 cm³/mol. The highest BCUT2D eigenvalue weighted by molar-refractivity contribution is 5.78. The average Bonchev–Trinajstić information content (AvgIpc) is 3.88. The molecule has 11 rings (SSSR count). The molecule has 3 aliphatic heterocycles. The Labute approximate surface area is 426 Å². The lowest BCUT2D eigenvalue weighted by Gasteiger charge is -2.39. The van der Waals surface area contributed by atoms with Crippen molar-refractivity contribution in [2.75, 3.05) is 13.2 Å². The summed E-state index contributed by atoms with van der Waals surface area (Å²) in [5, 5.41) is 0. The van der Waals surface area contributed by atoms with Gasteiger partial charge >= 0.3 is 11.9 Å². The van der Waals surface area contributed by atoms with Crippen LogP contribution in [0.25, 0.3) is 11.1 Å². The van der Waals surface area contributed by atoms with Gasteiger partial charge in [0.1, 0.15) is 62.8 Å². The molecule has 0 spiro atoms. The lowest BCUT2D eigenvalue weighted by Crippen LogP contribution is -2.49. The number of ether oxygens (including phenoxy) is 5. The van der Waals surface area contributed by atoms with E-state index in [1.807, 2.05) is 146 Å². The Morgan fingerprint density at radius 3 is 1.51 bits per heavy atom. The molecule has 0 saturated carbocycles. The fourth-order valence-corrected chi connectivity index (χ4v) is 8.95. The molecule has 0 N–H and O–H groups in total. The quantitative estimate of drug-likeness (QED) is 0.0865. The Kier molecular flexibility index (Phi) is 18.2. The Morgan fingerprint density at radius 2 is 0.986 bits per heavy atom. The van der Waals surface area contributed by atoms with Crippen molar-refractivity contribution in [3.05, 3.63) is 263 Å². The van der Waals surface area contributed by atoms with Crippen molar-refractivity contribution in [3.8, 4) is 22.6 Å². The summed E-state index contributed by atoms with van der Waals surface area (Å²) in [6.45, 7) is 3.85. The molecule has 0 radical (unpaired) electrons. The fourth-order valence-electron chi connectivity index (χ4n) is 8.95. The first-order valence-corrected chi connectivity index (χ1v) is 24.3. The second-order valence-electron chi connectivity index (χ2n) is 17.5. The minimum atomic E-state index is -0.584. The second-order valence-corrected chi connectivity index (χ2v) is 17.5. The molecular weight excluding hydrogens is 915 g/mol. The van der Waals surface area contributed by atoms with Crippen LogP contribution in [0.5, 0.6) is 11.5 Å². The van der Waals surface area contributed by atoms with Gasteiger partial charge in [0.15, 0.2) is 0 Å². The molecule has 8 aromatic carbocycles. The Bertz CT molecular complexity index is 2910. The molecule has 0 aliphatic carbocycles. The Hall–Kier alpha value is -8.44. The molecule has 1 unspecified atom stereocenters. The second kappa shape index (κ2) is 26.1. The van der Waals surface area contributed by atoms with E-state index in [1.165, 1.54) is 5.56 Å². The molecule has 10 heteroatoms. The van der Waals surface area contributed by atoms with Gasteiger partial charge in [-0.05, 0) is 87.3 Å². The molecule has 0 aromatic heterocycles. The van der Waals surface area contributed by atoms with Crippen LogP contribution in [0.15, 0.2) is 224 Å². The topological polar surface area (TPSA) is 118 Å². The molecule has 3 fully saturated rings. The van der Waals surface area contributed by atoms with E-state index in [9.17, 15) is 14.4 Å². The highest BCUT2D eigenvalue weighted by Gasteiger charge is 2.54. The van der Waals surface area contributed by atoms with Gasteiger partial charge in [-0.25, -0.2) is 4.90 Å². The molecule has 3 saturated heterocycles. The van der Waals surface area contributed by atoms with Gasteiger partial charge in [0.25, 0.3) is 0 Å². The van der Waals surface area contributed by atoms with E-state index in [4.69, 9.17) is 28.5 Å². The van der Waals surface area contributed by atoms with E-state index in [1.54, 1.807) is 24.3 Å². The summed E-state index contributed by atoms with van der Waals surface area (Å²) in [7, 11) is 0. The van der Waals surface area contributed by atoms with Crippen LogP contribution in [0.2, 0.25) is 0 Å². The third kappa shape index (κ3) is 13.7. The Morgan fingerprint density at radius 1 is 0.507 bits per heavy atom. The van der Waals surface area contributed by atoms with Crippen molar-refractivity contribution in [2.45, 2.75) is 56.4 Å². The first-order valence-electron chi connectivity index (χ1n) is 24.3. The average molecular weight is 972 g/mol. The van der Waals surface area contributed by atoms with E-state index in [0.29, 0.717) is 37.7 Å². The van der Waals surface area contributed by atoms with E-state index in [2.05, 4.69) is 65.6 Å². The summed E-state index contributed by atoms with van der Waals surface area (Å²) in [5.41, 5.74) is 9.46. The van der Waals surface area contributed by atoms with Crippen molar-refractivity contribution in [3.63, 3.8) is 0 Å². The van der Waals surface area contributed by atoms with E-state index >= 15 is 0 Å². The molecule has 3 aliphatic rings. The minimum absolute atomic E-state index is 0.0628. The van der Waals surface area contributed by atoms with Crippen molar-refractivity contribution in [2.24, 2.45) is 0 Å². The molecule has 3 heterocycles. The number of fused-ring (bicyclic) bond motifs is 1. The number of nitrogens with zero attached hydrogens (tertiary/aromatic N) is 1. The Balaban J connectivity index is 0.000000186. The zero-order valence-electron chi connectivity index (χ0n) is 40.4. The number of hydrogen-bond donors (Lipinski definition) is 0.